The van der Waals surface area contributed by atoms with Gasteiger partial charge in [0.25, 0.3) is 0 Å². The van der Waals surface area contributed by atoms with Gasteiger partial charge in [-0.05, 0) is 24.3 Å². The molecule has 102 valence electrons. The zero-order valence-electron chi connectivity index (χ0n) is 11.0. The predicted molar refractivity (Wildman–Crippen MR) is 77.6 cm³/mol. The van der Waals surface area contributed by atoms with Gasteiger partial charge in [-0.25, -0.2) is 9.97 Å². The highest BCUT2D eigenvalue weighted by Crippen LogP contribution is 2.32. The lowest BCUT2D eigenvalue weighted by atomic mass is 9.99. The molecule has 2 aromatic rings. The average Bonchev–Trinajstić information content (AvgIpc) is 2.95. The van der Waals surface area contributed by atoms with Crippen LogP contribution in [0.1, 0.15) is 12.8 Å². The Bertz CT molecular complexity index is 558. The molecule has 19 heavy (non-hydrogen) atoms. The normalized spacial score (nSPS) is 24.0. The minimum Gasteiger partial charge on any atom is -0.381 e. The first-order chi connectivity index (χ1) is 9.33. The number of methoxy groups -OCH3 is 1. The van der Waals surface area contributed by atoms with E-state index in [1.807, 2.05) is 6.07 Å². The number of hydrogen-bond donors (Lipinski definition) is 1. The van der Waals surface area contributed by atoms with Crippen molar-refractivity contribution in [1.29, 1.82) is 0 Å². The second kappa shape index (κ2) is 5.40. The molecular formula is C13H18N4OS. The number of nitrogens with zero attached hydrogens (tertiary/aromatic N) is 3. The van der Waals surface area contributed by atoms with Crippen LogP contribution in [0.5, 0.6) is 0 Å². The summed E-state index contributed by atoms with van der Waals surface area (Å²) in [4.78, 5) is 11.1. The van der Waals surface area contributed by atoms with Gasteiger partial charge in [-0.1, -0.05) is 0 Å². The number of ether oxygens (including phenoxy) is 1. The predicted octanol–water partition coefficient (Wildman–Crippen LogP) is 1.63. The molecule has 0 bridgehead atoms. The Balaban J connectivity index is 1.94. The minimum absolute atomic E-state index is 0.291. The van der Waals surface area contributed by atoms with Crippen molar-refractivity contribution in [3.05, 3.63) is 17.8 Å². The molecule has 2 N–H and O–H groups in total. The lowest BCUT2D eigenvalue weighted by molar-refractivity contribution is 0.0708. The van der Waals surface area contributed by atoms with Crippen molar-refractivity contribution in [3.8, 4) is 0 Å². The summed E-state index contributed by atoms with van der Waals surface area (Å²) in [5.41, 5.74) is 6.94. The number of piperidine rings is 1. The molecule has 6 heteroatoms. The van der Waals surface area contributed by atoms with E-state index in [9.17, 15) is 0 Å². The quantitative estimate of drug-likeness (QED) is 0.924. The minimum atomic E-state index is 0.291. The van der Waals surface area contributed by atoms with Crippen LogP contribution in [-0.2, 0) is 4.74 Å². The van der Waals surface area contributed by atoms with E-state index in [0.29, 0.717) is 18.7 Å². The maximum absolute atomic E-state index is 5.93. The Labute approximate surface area is 116 Å². The van der Waals surface area contributed by atoms with Gasteiger partial charge in [0, 0.05) is 26.2 Å². The number of fused-ring (bicyclic) bond motifs is 1. The fourth-order valence-corrected chi connectivity index (χ4v) is 3.56. The van der Waals surface area contributed by atoms with Crippen LogP contribution in [0, 0.1) is 0 Å². The monoisotopic (exact) mass is 278 g/mol. The fraction of sp³-hybridized carbons (Fsp3) is 0.538. The topological polar surface area (TPSA) is 64.3 Å². The molecule has 1 aliphatic heterocycles. The average molecular weight is 278 g/mol. The van der Waals surface area contributed by atoms with E-state index in [1.165, 1.54) is 0 Å². The summed E-state index contributed by atoms with van der Waals surface area (Å²) in [6, 6.07) is 2.32. The molecule has 0 radical (unpaired) electrons. The standard InChI is InChI=1S/C13H18N4OS/c1-18-10-2-4-17(9(6-10)7-14)13-12-11(3-5-19-12)15-8-16-13/h3,5,8-10H,2,4,6-7,14H2,1H3. The molecular weight excluding hydrogens is 260 g/mol. The van der Waals surface area contributed by atoms with Crippen LogP contribution in [0.3, 0.4) is 0 Å². The van der Waals surface area contributed by atoms with E-state index in [4.69, 9.17) is 10.5 Å². The number of nitrogens with two attached hydrogens (primary N) is 1. The van der Waals surface area contributed by atoms with Gasteiger partial charge in [0.15, 0.2) is 0 Å². The molecule has 0 saturated carbocycles. The van der Waals surface area contributed by atoms with Gasteiger partial charge in [0.1, 0.15) is 12.1 Å². The van der Waals surface area contributed by atoms with E-state index < -0.39 is 0 Å². The molecule has 3 heterocycles. The van der Waals surface area contributed by atoms with E-state index >= 15 is 0 Å². The maximum Gasteiger partial charge on any atom is 0.150 e. The molecule has 0 aliphatic carbocycles. The van der Waals surface area contributed by atoms with Gasteiger partial charge in [-0.15, -0.1) is 11.3 Å². The van der Waals surface area contributed by atoms with E-state index in [2.05, 4.69) is 20.2 Å². The summed E-state index contributed by atoms with van der Waals surface area (Å²) in [5.74, 6) is 1.02. The summed E-state index contributed by atoms with van der Waals surface area (Å²) in [7, 11) is 1.77. The molecule has 0 spiro atoms. The number of thiophene rings is 1. The van der Waals surface area contributed by atoms with Crippen molar-refractivity contribution in [3.63, 3.8) is 0 Å². The number of aromatic nitrogens is 2. The third-order valence-corrected chi connectivity index (χ3v) is 4.67. The Morgan fingerprint density at radius 3 is 3.21 bits per heavy atom. The highest BCUT2D eigenvalue weighted by atomic mass is 32.1. The Hall–Kier alpha value is -1.24. The smallest absolute Gasteiger partial charge is 0.150 e. The zero-order valence-corrected chi connectivity index (χ0v) is 11.8. The second-order valence-corrected chi connectivity index (χ2v) is 5.71. The van der Waals surface area contributed by atoms with Gasteiger partial charge in [-0.2, -0.15) is 0 Å². The summed E-state index contributed by atoms with van der Waals surface area (Å²) >= 11 is 1.69. The fourth-order valence-electron chi connectivity index (χ4n) is 2.71. The molecule has 1 fully saturated rings. The largest absolute Gasteiger partial charge is 0.381 e. The lowest BCUT2D eigenvalue weighted by Crippen LogP contribution is -2.49. The summed E-state index contributed by atoms with van der Waals surface area (Å²) in [6.07, 6.45) is 3.93. The van der Waals surface area contributed by atoms with Crippen LogP contribution >= 0.6 is 11.3 Å². The van der Waals surface area contributed by atoms with Crippen LogP contribution in [-0.4, -0.2) is 42.3 Å². The van der Waals surface area contributed by atoms with Crippen molar-refractivity contribution in [1.82, 2.24) is 9.97 Å². The SMILES string of the molecule is COC1CCN(c2ncnc3ccsc23)C(CN)C1. The van der Waals surface area contributed by atoms with Crippen molar-refractivity contribution < 1.29 is 4.74 Å². The number of rotatable bonds is 3. The Morgan fingerprint density at radius 1 is 1.53 bits per heavy atom. The highest BCUT2D eigenvalue weighted by Gasteiger charge is 2.29. The first-order valence-electron chi connectivity index (χ1n) is 6.51. The third-order valence-electron chi connectivity index (χ3n) is 3.77. The van der Waals surface area contributed by atoms with Gasteiger partial charge in [-0.3, -0.25) is 0 Å². The molecule has 1 saturated heterocycles. The molecule has 2 unspecified atom stereocenters. The van der Waals surface area contributed by atoms with E-state index in [0.717, 1.165) is 35.4 Å². The van der Waals surface area contributed by atoms with Crippen molar-refractivity contribution in [2.75, 3.05) is 25.1 Å². The van der Waals surface area contributed by atoms with Gasteiger partial charge >= 0.3 is 0 Å². The van der Waals surface area contributed by atoms with Crippen LogP contribution in [0.4, 0.5) is 5.82 Å². The molecule has 0 aromatic carbocycles. The van der Waals surface area contributed by atoms with Gasteiger partial charge < -0.3 is 15.4 Å². The van der Waals surface area contributed by atoms with Gasteiger partial charge in [0.2, 0.25) is 0 Å². The first-order valence-corrected chi connectivity index (χ1v) is 7.39. The molecule has 2 atom stereocenters. The van der Waals surface area contributed by atoms with Gasteiger partial charge in [0.05, 0.1) is 16.3 Å². The first kappa shape index (κ1) is 12.8. The van der Waals surface area contributed by atoms with E-state index in [1.54, 1.807) is 24.8 Å². The highest BCUT2D eigenvalue weighted by molar-refractivity contribution is 7.17. The van der Waals surface area contributed by atoms with Crippen molar-refractivity contribution in [2.24, 2.45) is 5.73 Å². The molecule has 2 aromatic heterocycles. The van der Waals surface area contributed by atoms with Crippen molar-refractivity contribution >= 4 is 27.4 Å². The summed E-state index contributed by atoms with van der Waals surface area (Å²) in [5, 5.41) is 2.06. The lowest BCUT2D eigenvalue weighted by Gasteiger charge is -2.39. The zero-order chi connectivity index (χ0) is 13.2. The second-order valence-electron chi connectivity index (χ2n) is 4.80. The molecule has 1 aliphatic rings. The van der Waals surface area contributed by atoms with E-state index in [-0.39, 0.29) is 0 Å². The van der Waals surface area contributed by atoms with Crippen LogP contribution in [0.2, 0.25) is 0 Å². The molecule has 0 amide bonds. The summed E-state index contributed by atoms with van der Waals surface area (Å²) < 4.78 is 6.62. The Kier molecular flexibility index (Phi) is 3.63. The number of anilines is 1. The van der Waals surface area contributed by atoms with Crippen LogP contribution in [0.15, 0.2) is 17.8 Å². The molecule has 3 rings (SSSR count). The Morgan fingerprint density at radius 2 is 2.42 bits per heavy atom. The number of hydrogen-bond acceptors (Lipinski definition) is 6. The third kappa shape index (κ3) is 2.31. The van der Waals surface area contributed by atoms with Crippen LogP contribution in [0.25, 0.3) is 10.2 Å². The maximum atomic E-state index is 5.93. The van der Waals surface area contributed by atoms with Crippen molar-refractivity contribution in [2.45, 2.75) is 25.0 Å². The van der Waals surface area contributed by atoms with Crippen LogP contribution < -0.4 is 10.6 Å². The summed E-state index contributed by atoms with van der Waals surface area (Å²) in [6.45, 7) is 1.56. The molecule has 5 nitrogen and oxygen atoms in total.